The van der Waals surface area contributed by atoms with Gasteiger partial charge < -0.3 is 16.2 Å². The molecule has 0 saturated heterocycles. The molecule has 0 aliphatic rings. The maximum Gasteiger partial charge on any atom is 0.303 e. The van der Waals surface area contributed by atoms with Crippen LogP contribution in [-0.4, -0.2) is 43.4 Å². The second kappa shape index (κ2) is 8.94. The van der Waals surface area contributed by atoms with E-state index in [0.717, 1.165) is 16.3 Å². The maximum atomic E-state index is 12.3. The molecule has 2 aromatic rings. The summed E-state index contributed by atoms with van der Waals surface area (Å²) in [7, 11) is 0. The van der Waals surface area contributed by atoms with Crippen LogP contribution in [0.25, 0.3) is 0 Å². The van der Waals surface area contributed by atoms with Crippen molar-refractivity contribution in [3.63, 3.8) is 0 Å². The average molecular weight is 391 g/mol. The van der Waals surface area contributed by atoms with Crippen molar-refractivity contribution in [3.05, 3.63) is 40.3 Å². The van der Waals surface area contributed by atoms with Crippen LogP contribution in [0.2, 0.25) is 0 Å². The Kier molecular flexibility index (Phi) is 6.66. The molecule has 0 fully saturated rings. The molecule has 11 heteroatoms. The van der Waals surface area contributed by atoms with Crippen molar-refractivity contribution in [1.82, 2.24) is 14.8 Å². The summed E-state index contributed by atoms with van der Waals surface area (Å²) >= 11 is 0.863. The summed E-state index contributed by atoms with van der Waals surface area (Å²) < 4.78 is 0.780. The zero-order valence-electron chi connectivity index (χ0n) is 14.3. The third-order valence-corrected chi connectivity index (χ3v) is 4.22. The van der Waals surface area contributed by atoms with Gasteiger partial charge in [0.1, 0.15) is 5.69 Å². The summed E-state index contributed by atoms with van der Waals surface area (Å²) in [6.07, 6.45) is -0.452. The van der Waals surface area contributed by atoms with Gasteiger partial charge in [-0.1, -0.05) is 17.8 Å². The number of carbonyl (C=O) groups excluding carboxylic acids is 2. The predicted molar refractivity (Wildman–Crippen MR) is 98.8 cm³/mol. The van der Waals surface area contributed by atoms with Gasteiger partial charge in [0.15, 0.2) is 5.16 Å². The first-order valence-corrected chi connectivity index (χ1v) is 8.76. The minimum Gasteiger partial charge on any atom is -0.481 e. The molecule has 142 valence electrons. The molecule has 1 aromatic carbocycles. The topological polar surface area (TPSA) is 157 Å². The molecule has 0 saturated carbocycles. The number of benzene rings is 1. The van der Waals surface area contributed by atoms with Crippen LogP contribution in [-0.2, 0) is 16.0 Å². The quantitative estimate of drug-likeness (QED) is 0.454. The molecular weight excluding hydrogens is 374 g/mol. The third-order valence-electron chi connectivity index (χ3n) is 3.29. The molecule has 10 nitrogen and oxygen atoms in total. The van der Waals surface area contributed by atoms with Crippen LogP contribution in [0.15, 0.2) is 34.2 Å². The number of hydrogen-bond donors (Lipinski definition) is 3. The highest BCUT2D eigenvalue weighted by Gasteiger charge is 2.17. The van der Waals surface area contributed by atoms with Crippen LogP contribution < -0.4 is 16.6 Å². The number of hydrogen-bond acceptors (Lipinski definition) is 8. The molecule has 27 heavy (non-hydrogen) atoms. The number of rotatable bonds is 7. The smallest absolute Gasteiger partial charge is 0.303 e. The Morgan fingerprint density at radius 3 is 2.67 bits per heavy atom. The van der Waals surface area contributed by atoms with E-state index < -0.39 is 17.4 Å². The fourth-order valence-corrected chi connectivity index (χ4v) is 2.88. The van der Waals surface area contributed by atoms with E-state index in [2.05, 4.69) is 15.5 Å². The Morgan fingerprint density at radius 1 is 1.30 bits per heavy atom. The third kappa shape index (κ3) is 5.64. The number of thioether (sulfide) groups is 1. The number of aromatic nitrogens is 3. The van der Waals surface area contributed by atoms with Gasteiger partial charge in [-0.3, -0.25) is 19.2 Å². The van der Waals surface area contributed by atoms with Crippen LogP contribution >= 0.6 is 11.8 Å². The summed E-state index contributed by atoms with van der Waals surface area (Å²) in [5, 5.41) is 18.8. The lowest BCUT2D eigenvalue weighted by Crippen LogP contribution is -2.32. The Labute approximate surface area is 157 Å². The monoisotopic (exact) mass is 391 g/mol. The summed E-state index contributed by atoms with van der Waals surface area (Å²) in [4.78, 5) is 46.8. The van der Waals surface area contributed by atoms with E-state index >= 15 is 0 Å². The van der Waals surface area contributed by atoms with Crippen molar-refractivity contribution >= 4 is 40.9 Å². The van der Waals surface area contributed by atoms with Gasteiger partial charge in [-0.25, -0.2) is 4.57 Å². The van der Waals surface area contributed by atoms with E-state index in [-0.39, 0.29) is 35.4 Å². The normalized spacial score (nSPS) is 10.4. The number of anilines is 2. The summed E-state index contributed by atoms with van der Waals surface area (Å²) in [6.45, 7) is 1.17. The second-order valence-corrected chi connectivity index (χ2v) is 6.39. The van der Waals surface area contributed by atoms with Gasteiger partial charge in [0.05, 0.1) is 12.2 Å². The number of carboxylic acid groups (broad SMARTS) is 1. The van der Waals surface area contributed by atoms with Crippen molar-refractivity contribution in [2.24, 2.45) is 0 Å². The van der Waals surface area contributed by atoms with Crippen LogP contribution in [0.3, 0.4) is 0 Å². The molecule has 4 N–H and O–H groups in total. The van der Waals surface area contributed by atoms with Crippen LogP contribution in [0.5, 0.6) is 0 Å². The number of nitrogens with one attached hydrogen (secondary N) is 1. The highest BCUT2D eigenvalue weighted by molar-refractivity contribution is 7.99. The zero-order chi connectivity index (χ0) is 20.0. The fourth-order valence-electron chi connectivity index (χ4n) is 2.10. The molecule has 0 aliphatic heterocycles. The zero-order valence-corrected chi connectivity index (χ0v) is 15.2. The number of aliphatic carboxylic acids is 1. The summed E-state index contributed by atoms with van der Waals surface area (Å²) in [5.74, 6) is -2.21. The number of amides is 1. The standard InChI is InChI=1S/C16H17N5O5S/c1-9(22)21-15(26)12(5-6-14(24)25)19-20-16(21)27-8-13(23)18-11-4-2-3-10(17)7-11/h2-4,7H,5-6,8,17H2,1H3,(H,18,23)(H,24,25). The lowest BCUT2D eigenvalue weighted by Gasteiger charge is -2.09. The first kappa shape index (κ1) is 20.1. The van der Waals surface area contributed by atoms with Gasteiger partial charge in [-0.15, -0.1) is 10.2 Å². The van der Waals surface area contributed by atoms with Crippen molar-refractivity contribution in [1.29, 1.82) is 0 Å². The van der Waals surface area contributed by atoms with E-state index in [1.54, 1.807) is 24.3 Å². The lowest BCUT2D eigenvalue weighted by atomic mass is 10.2. The molecule has 0 bridgehead atoms. The Balaban J connectivity index is 2.12. The Morgan fingerprint density at radius 2 is 2.04 bits per heavy atom. The number of nitrogens with two attached hydrogens (primary N) is 1. The molecule has 0 atom stereocenters. The molecule has 1 amide bonds. The van der Waals surface area contributed by atoms with E-state index in [4.69, 9.17) is 10.8 Å². The Hall–Kier alpha value is -3.21. The molecule has 0 spiro atoms. The van der Waals surface area contributed by atoms with Gasteiger partial charge in [-0.2, -0.15) is 0 Å². The van der Waals surface area contributed by atoms with Crippen LogP contribution in [0, 0.1) is 0 Å². The molecule has 1 aromatic heterocycles. The molecule has 0 radical (unpaired) electrons. The lowest BCUT2D eigenvalue weighted by molar-refractivity contribution is -0.137. The van der Waals surface area contributed by atoms with Crippen molar-refractivity contribution in [2.45, 2.75) is 24.9 Å². The number of aryl methyl sites for hydroxylation is 1. The van der Waals surface area contributed by atoms with E-state index in [0.29, 0.717) is 11.4 Å². The van der Waals surface area contributed by atoms with Crippen molar-refractivity contribution in [2.75, 3.05) is 16.8 Å². The van der Waals surface area contributed by atoms with Gasteiger partial charge in [0.25, 0.3) is 5.56 Å². The number of nitrogen functional groups attached to an aromatic ring is 1. The minimum atomic E-state index is -1.10. The van der Waals surface area contributed by atoms with Crippen LogP contribution in [0.4, 0.5) is 11.4 Å². The average Bonchev–Trinajstić information content (AvgIpc) is 2.58. The second-order valence-electron chi connectivity index (χ2n) is 5.44. The van der Waals surface area contributed by atoms with E-state index in [9.17, 15) is 19.2 Å². The SMILES string of the molecule is CC(=O)n1c(SCC(=O)Nc2cccc(N)c2)nnc(CCC(=O)O)c1=O. The molecule has 0 aliphatic carbocycles. The summed E-state index contributed by atoms with van der Waals surface area (Å²) in [6, 6.07) is 6.62. The predicted octanol–water partition coefficient (Wildman–Crippen LogP) is 0.629. The van der Waals surface area contributed by atoms with Gasteiger partial charge in [0, 0.05) is 24.7 Å². The van der Waals surface area contributed by atoms with E-state index in [1.807, 2.05) is 0 Å². The highest BCUT2D eigenvalue weighted by atomic mass is 32.2. The maximum absolute atomic E-state index is 12.3. The molecule has 0 unspecified atom stereocenters. The summed E-state index contributed by atoms with van der Waals surface area (Å²) in [5.41, 5.74) is 5.78. The molecular formula is C16H17N5O5S. The largest absolute Gasteiger partial charge is 0.481 e. The van der Waals surface area contributed by atoms with E-state index in [1.165, 1.54) is 6.92 Å². The highest BCUT2D eigenvalue weighted by Crippen LogP contribution is 2.16. The first-order valence-electron chi connectivity index (χ1n) is 7.77. The van der Waals surface area contributed by atoms with Crippen molar-refractivity contribution < 1.29 is 19.5 Å². The van der Waals surface area contributed by atoms with Crippen LogP contribution in [0.1, 0.15) is 23.8 Å². The fraction of sp³-hybridized carbons (Fsp3) is 0.250. The number of carbonyl (C=O) groups is 3. The Bertz CT molecular complexity index is 943. The molecule has 2 rings (SSSR count). The molecule has 1 heterocycles. The van der Waals surface area contributed by atoms with Gasteiger partial charge >= 0.3 is 5.97 Å². The van der Waals surface area contributed by atoms with Crippen molar-refractivity contribution in [3.8, 4) is 0 Å². The minimum absolute atomic E-state index is 0.0469. The number of nitrogens with zero attached hydrogens (tertiary/aromatic N) is 3. The number of carboxylic acids is 1. The first-order chi connectivity index (χ1) is 12.8. The van der Waals surface area contributed by atoms with Gasteiger partial charge in [0.2, 0.25) is 11.8 Å². The van der Waals surface area contributed by atoms with Gasteiger partial charge in [-0.05, 0) is 18.2 Å².